The molecule has 0 heterocycles. The number of alkyl halides is 1. The summed E-state index contributed by atoms with van der Waals surface area (Å²) in [6, 6.07) is 4.88. The van der Waals surface area contributed by atoms with Gasteiger partial charge in [0, 0.05) is 25.6 Å². The average molecular weight is 246 g/mol. The van der Waals surface area contributed by atoms with Crippen molar-refractivity contribution in [1.29, 1.82) is 0 Å². The monoisotopic (exact) mass is 245 g/mol. The number of hydrogen-bond donors (Lipinski definition) is 1. The van der Waals surface area contributed by atoms with Crippen LogP contribution in [0.25, 0.3) is 0 Å². The zero-order valence-electron chi connectivity index (χ0n) is 9.59. The Morgan fingerprint density at radius 3 is 2.88 bits per heavy atom. The van der Waals surface area contributed by atoms with Crippen LogP contribution in [0.4, 0.5) is 4.39 Å². The molecule has 0 bridgehead atoms. The van der Waals surface area contributed by atoms with Gasteiger partial charge in [-0.2, -0.15) is 0 Å². The van der Waals surface area contributed by atoms with Gasteiger partial charge in [0.2, 0.25) is 0 Å². The fourth-order valence-electron chi connectivity index (χ4n) is 1.44. The van der Waals surface area contributed by atoms with E-state index >= 15 is 0 Å². The molecule has 1 aromatic carbocycles. The maximum atomic E-state index is 13.0. The first kappa shape index (κ1) is 13.4. The van der Waals surface area contributed by atoms with Crippen LogP contribution in [0.3, 0.4) is 0 Å². The summed E-state index contributed by atoms with van der Waals surface area (Å²) in [6.07, 6.45) is 0. The summed E-state index contributed by atoms with van der Waals surface area (Å²) < 4.78 is 18.0. The van der Waals surface area contributed by atoms with Crippen LogP contribution in [0.1, 0.15) is 11.1 Å². The van der Waals surface area contributed by atoms with E-state index in [1.165, 1.54) is 6.07 Å². The first-order valence-corrected chi connectivity index (χ1v) is 5.74. The molecule has 0 saturated carbocycles. The van der Waals surface area contributed by atoms with E-state index < -0.39 is 0 Å². The van der Waals surface area contributed by atoms with Gasteiger partial charge < -0.3 is 10.1 Å². The zero-order valence-corrected chi connectivity index (χ0v) is 10.4. The van der Waals surface area contributed by atoms with E-state index in [-0.39, 0.29) is 11.9 Å². The van der Waals surface area contributed by atoms with E-state index in [2.05, 4.69) is 5.32 Å². The summed E-state index contributed by atoms with van der Waals surface area (Å²) in [5, 5.41) is 3.23. The van der Waals surface area contributed by atoms with E-state index in [9.17, 15) is 4.39 Å². The van der Waals surface area contributed by atoms with Crippen molar-refractivity contribution in [2.24, 2.45) is 0 Å². The van der Waals surface area contributed by atoms with Crippen LogP contribution in [0, 0.1) is 12.7 Å². The van der Waals surface area contributed by atoms with Gasteiger partial charge in [-0.25, -0.2) is 4.39 Å². The second-order valence-electron chi connectivity index (χ2n) is 3.76. The van der Waals surface area contributed by atoms with Gasteiger partial charge in [-0.3, -0.25) is 0 Å². The fourth-order valence-corrected chi connectivity index (χ4v) is 1.64. The predicted molar refractivity (Wildman–Crippen MR) is 64.4 cm³/mol. The zero-order chi connectivity index (χ0) is 12.0. The van der Waals surface area contributed by atoms with Gasteiger partial charge in [-0.05, 0) is 30.2 Å². The van der Waals surface area contributed by atoms with E-state index in [4.69, 9.17) is 16.3 Å². The SMILES string of the molecule is COCC(CCl)NCc1cc(F)ccc1C. The number of rotatable bonds is 6. The molecule has 2 nitrogen and oxygen atoms in total. The first-order chi connectivity index (χ1) is 7.67. The van der Waals surface area contributed by atoms with Crippen molar-refractivity contribution in [2.75, 3.05) is 19.6 Å². The number of hydrogen-bond acceptors (Lipinski definition) is 2. The summed E-state index contributed by atoms with van der Waals surface area (Å²) in [5.74, 6) is 0.263. The smallest absolute Gasteiger partial charge is 0.123 e. The van der Waals surface area contributed by atoms with Crippen molar-refractivity contribution in [1.82, 2.24) is 5.32 Å². The minimum absolute atomic E-state index is 0.0920. The summed E-state index contributed by atoms with van der Waals surface area (Å²) in [7, 11) is 1.63. The van der Waals surface area contributed by atoms with Crippen molar-refractivity contribution in [3.63, 3.8) is 0 Å². The van der Waals surface area contributed by atoms with E-state index in [0.29, 0.717) is 19.0 Å². The average Bonchev–Trinajstić information content (AvgIpc) is 2.28. The van der Waals surface area contributed by atoms with E-state index in [1.807, 2.05) is 6.92 Å². The number of aryl methyl sites for hydroxylation is 1. The topological polar surface area (TPSA) is 21.3 Å². The Kier molecular flexibility index (Phi) is 5.74. The fraction of sp³-hybridized carbons (Fsp3) is 0.500. The molecule has 0 radical (unpaired) electrons. The highest BCUT2D eigenvalue weighted by molar-refractivity contribution is 6.18. The van der Waals surface area contributed by atoms with Gasteiger partial charge in [0.1, 0.15) is 5.82 Å². The molecular formula is C12H17ClFNO. The minimum Gasteiger partial charge on any atom is -0.383 e. The van der Waals surface area contributed by atoms with Crippen LogP contribution >= 0.6 is 11.6 Å². The molecule has 0 aliphatic rings. The second kappa shape index (κ2) is 6.84. The number of ether oxygens (including phenoxy) is 1. The van der Waals surface area contributed by atoms with Gasteiger partial charge in [0.25, 0.3) is 0 Å². The summed E-state index contributed by atoms with van der Waals surface area (Å²) in [5.41, 5.74) is 2.02. The van der Waals surface area contributed by atoms with Gasteiger partial charge in [-0.1, -0.05) is 6.07 Å². The molecule has 1 aromatic rings. The summed E-state index contributed by atoms with van der Waals surface area (Å²) >= 11 is 5.77. The largest absolute Gasteiger partial charge is 0.383 e. The lowest BCUT2D eigenvalue weighted by atomic mass is 10.1. The van der Waals surface area contributed by atoms with E-state index in [1.54, 1.807) is 19.2 Å². The molecule has 90 valence electrons. The highest BCUT2D eigenvalue weighted by atomic mass is 35.5. The minimum atomic E-state index is -0.212. The third-order valence-corrected chi connectivity index (χ3v) is 2.82. The van der Waals surface area contributed by atoms with Crippen molar-refractivity contribution < 1.29 is 9.13 Å². The van der Waals surface area contributed by atoms with Crippen molar-refractivity contribution in [3.8, 4) is 0 Å². The quantitative estimate of drug-likeness (QED) is 0.778. The molecule has 16 heavy (non-hydrogen) atoms. The lowest BCUT2D eigenvalue weighted by molar-refractivity contribution is 0.172. The van der Waals surface area contributed by atoms with Gasteiger partial charge >= 0.3 is 0 Å². The molecule has 1 rings (SSSR count). The van der Waals surface area contributed by atoms with Crippen LogP contribution in [0.15, 0.2) is 18.2 Å². The maximum absolute atomic E-state index is 13.0. The lowest BCUT2D eigenvalue weighted by Crippen LogP contribution is -2.34. The Bertz CT molecular complexity index is 333. The number of nitrogens with one attached hydrogen (secondary N) is 1. The highest BCUT2D eigenvalue weighted by Crippen LogP contribution is 2.10. The van der Waals surface area contributed by atoms with Crippen LogP contribution < -0.4 is 5.32 Å². The molecule has 0 aromatic heterocycles. The Labute approximate surface area is 101 Å². The molecule has 1 unspecified atom stereocenters. The van der Waals surface area contributed by atoms with Crippen molar-refractivity contribution in [3.05, 3.63) is 35.1 Å². The van der Waals surface area contributed by atoms with Crippen LogP contribution in [0.2, 0.25) is 0 Å². The standard InChI is InChI=1S/C12H17ClFNO/c1-9-3-4-11(14)5-10(9)7-15-12(6-13)8-16-2/h3-5,12,15H,6-8H2,1-2H3. The Hall–Kier alpha value is -0.640. The molecule has 0 amide bonds. The molecule has 0 aliphatic carbocycles. The van der Waals surface area contributed by atoms with Crippen LogP contribution in [-0.2, 0) is 11.3 Å². The molecule has 1 N–H and O–H groups in total. The third kappa shape index (κ3) is 4.08. The Balaban J connectivity index is 2.55. The molecule has 0 aliphatic heterocycles. The second-order valence-corrected chi connectivity index (χ2v) is 4.07. The van der Waals surface area contributed by atoms with Gasteiger partial charge in [0.05, 0.1) is 6.61 Å². The van der Waals surface area contributed by atoms with Crippen LogP contribution in [0.5, 0.6) is 0 Å². The van der Waals surface area contributed by atoms with Crippen LogP contribution in [-0.4, -0.2) is 25.6 Å². The third-order valence-electron chi connectivity index (χ3n) is 2.45. The van der Waals surface area contributed by atoms with Crippen molar-refractivity contribution >= 4 is 11.6 Å². The summed E-state index contributed by atoms with van der Waals surface area (Å²) in [4.78, 5) is 0. The summed E-state index contributed by atoms with van der Waals surface area (Å²) in [6.45, 7) is 3.12. The Morgan fingerprint density at radius 2 is 2.25 bits per heavy atom. The lowest BCUT2D eigenvalue weighted by Gasteiger charge is -2.15. The molecule has 0 fully saturated rings. The predicted octanol–water partition coefficient (Wildman–Crippen LogP) is 2.48. The molecule has 0 saturated heterocycles. The van der Waals surface area contributed by atoms with E-state index in [0.717, 1.165) is 11.1 Å². The van der Waals surface area contributed by atoms with Gasteiger partial charge in [0.15, 0.2) is 0 Å². The molecular weight excluding hydrogens is 229 g/mol. The molecule has 4 heteroatoms. The number of methoxy groups -OCH3 is 1. The highest BCUT2D eigenvalue weighted by Gasteiger charge is 2.07. The number of halogens is 2. The Morgan fingerprint density at radius 1 is 1.50 bits per heavy atom. The first-order valence-electron chi connectivity index (χ1n) is 5.20. The molecule has 1 atom stereocenters. The van der Waals surface area contributed by atoms with Crippen molar-refractivity contribution in [2.45, 2.75) is 19.5 Å². The van der Waals surface area contributed by atoms with Gasteiger partial charge in [-0.15, -0.1) is 11.6 Å². The maximum Gasteiger partial charge on any atom is 0.123 e. The number of benzene rings is 1. The molecule has 0 spiro atoms. The normalized spacial score (nSPS) is 12.8.